The highest BCUT2D eigenvalue weighted by Crippen LogP contribution is 2.30. The summed E-state index contributed by atoms with van der Waals surface area (Å²) in [6.45, 7) is 0.423. The van der Waals surface area contributed by atoms with Gasteiger partial charge >= 0.3 is 0 Å². The van der Waals surface area contributed by atoms with E-state index in [1.54, 1.807) is 0 Å². The number of benzene rings is 1. The van der Waals surface area contributed by atoms with E-state index in [2.05, 4.69) is 17.4 Å². The molecular weight excluding hydrogens is 272 g/mol. The molecule has 0 aliphatic heterocycles. The molecule has 1 aromatic carbocycles. The van der Waals surface area contributed by atoms with Crippen molar-refractivity contribution in [1.29, 1.82) is 0 Å². The van der Waals surface area contributed by atoms with Gasteiger partial charge in [0.2, 0.25) is 5.50 Å². The Bertz CT molecular complexity index is 417. The van der Waals surface area contributed by atoms with E-state index in [0.717, 1.165) is 12.8 Å². The molecule has 0 heterocycles. The summed E-state index contributed by atoms with van der Waals surface area (Å²) in [7, 11) is 0.500. The standard InChI is InChI=1S/C12H16FNO2S.CH3F/c13-12(17(15)16)7-8-14-11-6-5-9-3-1-2-4-10(9)11;1-2/h1-4,11-12,14H,5-8H2,(H,15,16);1H3. The number of rotatable bonds is 5. The Labute approximate surface area is 114 Å². The maximum atomic E-state index is 12.9. The summed E-state index contributed by atoms with van der Waals surface area (Å²) < 4.78 is 41.4. The van der Waals surface area contributed by atoms with Gasteiger partial charge in [-0.2, -0.15) is 0 Å². The van der Waals surface area contributed by atoms with E-state index in [0.29, 0.717) is 13.7 Å². The Morgan fingerprint density at radius 3 is 2.84 bits per heavy atom. The fourth-order valence-electron chi connectivity index (χ4n) is 2.24. The van der Waals surface area contributed by atoms with Crippen LogP contribution in [-0.2, 0) is 17.5 Å². The molecule has 19 heavy (non-hydrogen) atoms. The van der Waals surface area contributed by atoms with Crippen molar-refractivity contribution >= 4 is 11.1 Å². The first kappa shape index (κ1) is 16.2. The summed E-state index contributed by atoms with van der Waals surface area (Å²) >= 11 is -2.37. The van der Waals surface area contributed by atoms with Crippen LogP contribution >= 0.6 is 0 Å². The van der Waals surface area contributed by atoms with Gasteiger partial charge in [-0.15, -0.1) is 0 Å². The minimum Gasteiger partial charge on any atom is -0.310 e. The zero-order chi connectivity index (χ0) is 14.3. The molecular formula is C13H19F2NO2S. The SMILES string of the molecule is CF.O=S(O)C(F)CCNC1CCc2ccccc21. The van der Waals surface area contributed by atoms with Gasteiger partial charge in [0.15, 0.2) is 11.1 Å². The summed E-state index contributed by atoms with van der Waals surface area (Å²) in [5.41, 5.74) is 0.958. The van der Waals surface area contributed by atoms with E-state index in [9.17, 15) is 13.0 Å². The zero-order valence-electron chi connectivity index (χ0n) is 10.8. The molecule has 3 atom stereocenters. The molecule has 1 aromatic rings. The van der Waals surface area contributed by atoms with Crippen LogP contribution in [0, 0.1) is 0 Å². The molecule has 0 saturated heterocycles. The van der Waals surface area contributed by atoms with Gasteiger partial charge in [-0.05, 0) is 30.5 Å². The van der Waals surface area contributed by atoms with Crippen molar-refractivity contribution < 1.29 is 17.5 Å². The molecule has 3 unspecified atom stereocenters. The largest absolute Gasteiger partial charge is 0.310 e. The third-order valence-electron chi connectivity index (χ3n) is 3.11. The Morgan fingerprint density at radius 1 is 1.47 bits per heavy atom. The monoisotopic (exact) mass is 291 g/mol. The molecule has 0 amide bonds. The van der Waals surface area contributed by atoms with Crippen LogP contribution in [0.25, 0.3) is 0 Å². The molecule has 1 aliphatic rings. The van der Waals surface area contributed by atoms with Crippen molar-refractivity contribution in [1.82, 2.24) is 5.32 Å². The van der Waals surface area contributed by atoms with Crippen LogP contribution in [0.5, 0.6) is 0 Å². The Hall–Kier alpha value is -0.850. The van der Waals surface area contributed by atoms with Crippen molar-refractivity contribution in [3.05, 3.63) is 35.4 Å². The van der Waals surface area contributed by atoms with Crippen molar-refractivity contribution in [3.8, 4) is 0 Å². The van der Waals surface area contributed by atoms with Gasteiger partial charge in [-0.3, -0.25) is 4.39 Å². The van der Waals surface area contributed by atoms with Crippen LogP contribution < -0.4 is 5.32 Å². The second-order valence-corrected chi connectivity index (χ2v) is 5.28. The van der Waals surface area contributed by atoms with Gasteiger partial charge in [0.1, 0.15) is 0 Å². The third kappa shape index (κ3) is 4.63. The lowest BCUT2D eigenvalue weighted by molar-refractivity contribution is 0.375. The van der Waals surface area contributed by atoms with Crippen LogP contribution in [-0.4, -0.2) is 28.0 Å². The first-order chi connectivity index (χ1) is 9.18. The molecule has 0 spiro atoms. The Kier molecular flexibility index (Phi) is 7.12. The molecule has 108 valence electrons. The van der Waals surface area contributed by atoms with Crippen LogP contribution in [0.2, 0.25) is 0 Å². The van der Waals surface area contributed by atoms with Gasteiger partial charge in [-0.1, -0.05) is 24.3 Å². The predicted octanol–water partition coefficient (Wildman–Crippen LogP) is 2.76. The fourth-order valence-corrected chi connectivity index (χ4v) is 2.56. The molecule has 6 heteroatoms. The molecule has 0 fully saturated rings. The molecule has 2 N–H and O–H groups in total. The minimum atomic E-state index is -2.37. The maximum absolute atomic E-state index is 12.9. The average molecular weight is 291 g/mol. The lowest BCUT2D eigenvalue weighted by Gasteiger charge is -2.14. The molecule has 1 aliphatic carbocycles. The second kappa shape index (κ2) is 8.35. The molecule has 0 radical (unpaired) electrons. The minimum absolute atomic E-state index is 0.0712. The topological polar surface area (TPSA) is 49.3 Å². The summed E-state index contributed by atoms with van der Waals surface area (Å²) in [5, 5.41) is 3.24. The fraction of sp³-hybridized carbons (Fsp3) is 0.538. The molecule has 2 rings (SSSR count). The second-order valence-electron chi connectivity index (χ2n) is 4.22. The summed E-state index contributed by atoms with van der Waals surface area (Å²) in [6, 6.07) is 8.47. The number of nitrogens with one attached hydrogen (secondary N) is 1. The number of aryl methyl sites for hydroxylation is 1. The number of alkyl halides is 2. The number of halogens is 2. The highest BCUT2D eigenvalue weighted by molar-refractivity contribution is 7.79. The van der Waals surface area contributed by atoms with Gasteiger partial charge < -0.3 is 9.87 Å². The van der Waals surface area contributed by atoms with E-state index in [-0.39, 0.29) is 12.5 Å². The first-order valence-corrected chi connectivity index (χ1v) is 7.28. The maximum Gasteiger partial charge on any atom is 0.201 e. The van der Waals surface area contributed by atoms with Crippen LogP contribution in [0.4, 0.5) is 8.78 Å². The van der Waals surface area contributed by atoms with Gasteiger partial charge in [0, 0.05) is 12.5 Å². The van der Waals surface area contributed by atoms with Gasteiger partial charge in [-0.25, -0.2) is 8.60 Å². The van der Waals surface area contributed by atoms with Gasteiger partial charge in [0.25, 0.3) is 0 Å². The summed E-state index contributed by atoms with van der Waals surface area (Å²) in [4.78, 5) is 0. The van der Waals surface area contributed by atoms with E-state index in [4.69, 9.17) is 4.55 Å². The van der Waals surface area contributed by atoms with Crippen LogP contribution in [0.1, 0.15) is 30.0 Å². The normalized spacial score (nSPS) is 20.1. The summed E-state index contributed by atoms with van der Waals surface area (Å²) in [5.74, 6) is 0. The molecule has 0 bridgehead atoms. The smallest absolute Gasteiger partial charge is 0.201 e. The third-order valence-corrected chi connectivity index (χ3v) is 3.79. The summed E-state index contributed by atoms with van der Waals surface area (Å²) in [6.07, 6.45) is 2.12. The van der Waals surface area contributed by atoms with E-state index < -0.39 is 16.6 Å². The van der Waals surface area contributed by atoms with E-state index >= 15 is 0 Å². The Balaban J connectivity index is 0.000000861. The molecule has 3 nitrogen and oxygen atoms in total. The van der Waals surface area contributed by atoms with Crippen molar-refractivity contribution in [3.63, 3.8) is 0 Å². The number of fused-ring (bicyclic) bond motifs is 1. The molecule has 0 aromatic heterocycles. The van der Waals surface area contributed by atoms with Crippen LogP contribution in [0.15, 0.2) is 24.3 Å². The lowest BCUT2D eigenvalue weighted by Crippen LogP contribution is -2.24. The van der Waals surface area contributed by atoms with Gasteiger partial charge in [0.05, 0.1) is 7.18 Å². The van der Waals surface area contributed by atoms with Crippen molar-refractivity contribution in [2.45, 2.75) is 30.8 Å². The van der Waals surface area contributed by atoms with Crippen LogP contribution in [0.3, 0.4) is 0 Å². The number of hydrogen-bond acceptors (Lipinski definition) is 2. The molecule has 0 saturated carbocycles. The first-order valence-electron chi connectivity index (χ1n) is 6.11. The van der Waals surface area contributed by atoms with E-state index in [1.807, 2.05) is 12.1 Å². The van der Waals surface area contributed by atoms with Crippen molar-refractivity contribution in [2.75, 3.05) is 13.7 Å². The van der Waals surface area contributed by atoms with E-state index in [1.165, 1.54) is 11.1 Å². The number of hydrogen-bond donors (Lipinski definition) is 2. The predicted molar refractivity (Wildman–Crippen MR) is 72.8 cm³/mol. The van der Waals surface area contributed by atoms with Crippen molar-refractivity contribution in [2.24, 2.45) is 0 Å². The zero-order valence-corrected chi connectivity index (χ0v) is 11.6. The highest BCUT2D eigenvalue weighted by Gasteiger charge is 2.21. The highest BCUT2D eigenvalue weighted by atomic mass is 32.2. The lowest BCUT2D eigenvalue weighted by atomic mass is 10.1. The quantitative estimate of drug-likeness (QED) is 0.820. The average Bonchev–Trinajstić information content (AvgIpc) is 2.84. The Morgan fingerprint density at radius 2 is 2.16 bits per heavy atom.